The largest absolute Gasteiger partial charge is 0.351 e. The molecule has 3 nitrogen and oxygen atoms in total. The molecule has 0 radical (unpaired) electrons. The highest BCUT2D eigenvalue weighted by Crippen LogP contribution is 2.16. The summed E-state index contributed by atoms with van der Waals surface area (Å²) in [4.78, 5) is 11.7. The van der Waals surface area contributed by atoms with Crippen LogP contribution in [0.3, 0.4) is 0 Å². The number of halogens is 1. The molecule has 2 atom stereocenters. The average molecular weight is 267 g/mol. The van der Waals surface area contributed by atoms with E-state index in [2.05, 4.69) is 17.2 Å². The van der Waals surface area contributed by atoms with Gasteiger partial charge < -0.3 is 5.32 Å². The maximum absolute atomic E-state index is 11.7. The van der Waals surface area contributed by atoms with Crippen molar-refractivity contribution in [2.24, 2.45) is 0 Å². The van der Waals surface area contributed by atoms with Crippen molar-refractivity contribution in [3.63, 3.8) is 0 Å². The average Bonchev–Trinajstić information content (AvgIpc) is 2.36. The topological polar surface area (TPSA) is 41.1 Å². The molecule has 1 aromatic carbocycles. The second-order valence-electron chi connectivity index (χ2n) is 4.20. The normalized spacial score (nSPS) is 13.7. The van der Waals surface area contributed by atoms with Crippen molar-refractivity contribution in [3.8, 4) is 0 Å². The van der Waals surface area contributed by atoms with Crippen LogP contribution in [0.15, 0.2) is 36.9 Å². The summed E-state index contributed by atoms with van der Waals surface area (Å²) in [5.41, 5.74) is 1.10. The first-order chi connectivity index (χ1) is 8.54. The first-order valence-corrected chi connectivity index (χ1v) is 6.32. The van der Waals surface area contributed by atoms with Crippen molar-refractivity contribution in [1.29, 1.82) is 0 Å². The first kappa shape index (κ1) is 14.7. The maximum atomic E-state index is 11.7. The molecule has 0 fully saturated rings. The number of amides is 1. The van der Waals surface area contributed by atoms with Gasteiger partial charge in [-0.25, -0.2) is 0 Å². The van der Waals surface area contributed by atoms with Crippen molar-refractivity contribution in [2.75, 3.05) is 6.54 Å². The van der Waals surface area contributed by atoms with Crippen LogP contribution in [-0.2, 0) is 4.79 Å². The Bertz CT molecular complexity index is 403. The van der Waals surface area contributed by atoms with Crippen molar-refractivity contribution in [1.82, 2.24) is 10.6 Å². The van der Waals surface area contributed by atoms with E-state index >= 15 is 0 Å². The Morgan fingerprint density at radius 3 is 2.56 bits per heavy atom. The molecule has 1 amide bonds. The summed E-state index contributed by atoms with van der Waals surface area (Å²) in [7, 11) is 0. The molecule has 2 N–H and O–H groups in total. The van der Waals surface area contributed by atoms with Gasteiger partial charge >= 0.3 is 0 Å². The predicted molar refractivity (Wildman–Crippen MR) is 75.7 cm³/mol. The summed E-state index contributed by atoms with van der Waals surface area (Å²) >= 11 is 5.84. The van der Waals surface area contributed by atoms with Crippen LogP contribution in [0.25, 0.3) is 0 Å². The van der Waals surface area contributed by atoms with Crippen molar-refractivity contribution in [2.45, 2.75) is 25.9 Å². The van der Waals surface area contributed by atoms with Gasteiger partial charge in [0, 0.05) is 17.6 Å². The van der Waals surface area contributed by atoms with Gasteiger partial charge in [0.1, 0.15) is 0 Å². The molecule has 0 bridgehead atoms. The van der Waals surface area contributed by atoms with Gasteiger partial charge in [0.15, 0.2) is 0 Å². The fourth-order valence-electron chi connectivity index (χ4n) is 1.62. The summed E-state index contributed by atoms with van der Waals surface area (Å²) in [6, 6.07) is 7.43. The third kappa shape index (κ3) is 4.51. The molecule has 1 rings (SSSR count). The quantitative estimate of drug-likeness (QED) is 0.778. The molecule has 0 spiro atoms. The number of carbonyl (C=O) groups is 1. The van der Waals surface area contributed by atoms with E-state index in [1.54, 1.807) is 6.08 Å². The monoisotopic (exact) mass is 266 g/mol. The van der Waals surface area contributed by atoms with E-state index in [1.165, 1.54) is 0 Å². The smallest absolute Gasteiger partial charge is 0.237 e. The lowest BCUT2D eigenvalue weighted by atomic mass is 10.1. The van der Waals surface area contributed by atoms with Crippen LogP contribution in [0.2, 0.25) is 5.02 Å². The Morgan fingerprint density at radius 1 is 1.39 bits per heavy atom. The van der Waals surface area contributed by atoms with Crippen molar-refractivity contribution < 1.29 is 4.79 Å². The van der Waals surface area contributed by atoms with Crippen LogP contribution in [-0.4, -0.2) is 18.5 Å². The van der Waals surface area contributed by atoms with Crippen LogP contribution in [0.5, 0.6) is 0 Å². The van der Waals surface area contributed by atoms with Gasteiger partial charge in [-0.3, -0.25) is 10.1 Å². The highest BCUT2D eigenvalue weighted by molar-refractivity contribution is 6.30. The van der Waals surface area contributed by atoms with E-state index < -0.39 is 0 Å². The molecule has 0 aromatic heterocycles. The minimum Gasteiger partial charge on any atom is -0.351 e. The second kappa shape index (κ2) is 7.19. The van der Waals surface area contributed by atoms with Gasteiger partial charge in [-0.05, 0) is 31.5 Å². The van der Waals surface area contributed by atoms with E-state index in [0.717, 1.165) is 5.56 Å². The third-order valence-corrected chi connectivity index (χ3v) is 2.94. The van der Waals surface area contributed by atoms with Gasteiger partial charge in [0.25, 0.3) is 0 Å². The summed E-state index contributed by atoms with van der Waals surface area (Å²) in [5.74, 6) is -0.0317. The molecule has 0 aliphatic rings. The van der Waals surface area contributed by atoms with Crippen LogP contribution in [0, 0.1) is 0 Å². The molecular weight excluding hydrogens is 248 g/mol. The summed E-state index contributed by atoms with van der Waals surface area (Å²) in [5, 5.41) is 6.70. The Morgan fingerprint density at radius 2 is 2.00 bits per heavy atom. The molecule has 0 saturated carbocycles. The fourth-order valence-corrected chi connectivity index (χ4v) is 1.75. The Labute approximate surface area is 113 Å². The third-order valence-electron chi connectivity index (χ3n) is 2.68. The number of carbonyl (C=O) groups excluding carboxylic acids is 1. The molecule has 0 aliphatic heterocycles. The van der Waals surface area contributed by atoms with Crippen LogP contribution in [0.4, 0.5) is 0 Å². The SMILES string of the molecule is C=CCNC(=O)C(C)NC(C)c1ccc(Cl)cc1. The number of hydrogen-bond donors (Lipinski definition) is 2. The van der Waals surface area contributed by atoms with Gasteiger partial charge in [0.05, 0.1) is 6.04 Å². The molecule has 4 heteroatoms. The zero-order chi connectivity index (χ0) is 13.5. The molecular formula is C14H19ClN2O. The standard InChI is InChI=1S/C14H19ClN2O/c1-4-9-16-14(18)11(3)17-10(2)12-5-7-13(15)8-6-12/h4-8,10-11,17H,1,9H2,2-3H3,(H,16,18). The predicted octanol–water partition coefficient (Wildman–Crippen LogP) is 2.68. The van der Waals surface area contributed by atoms with Crippen LogP contribution < -0.4 is 10.6 Å². The Balaban J connectivity index is 2.53. The molecule has 0 saturated heterocycles. The number of nitrogens with one attached hydrogen (secondary N) is 2. The van der Waals surface area contributed by atoms with E-state index in [0.29, 0.717) is 11.6 Å². The van der Waals surface area contributed by atoms with Gasteiger partial charge in [-0.1, -0.05) is 29.8 Å². The van der Waals surface area contributed by atoms with E-state index in [4.69, 9.17) is 11.6 Å². The van der Waals surface area contributed by atoms with Crippen molar-refractivity contribution in [3.05, 3.63) is 47.5 Å². The molecule has 1 aromatic rings. The van der Waals surface area contributed by atoms with E-state index in [1.807, 2.05) is 38.1 Å². The number of benzene rings is 1. The molecule has 0 heterocycles. The zero-order valence-corrected chi connectivity index (χ0v) is 11.5. The van der Waals surface area contributed by atoms with Gasteiger partial charge in [-0.2, -0.15) is 0 Å². The minimum absolute atomic E-state index is 0.0317. The molecule has 0 aliphatic carbocycles. The number of hydrogen-bond acceptors (Lipinski definition) is 2. The molecule has 2 unspecified atom stereocenters. The lowest BCUT2D eigenvalue weighted by molar-refractivity contribution is -0.122. The highest BCUT2D eigenvalue weighted by Gasteiger charge is 2.15. The fraction of sp³-hybridized carbons (Fsp3) is 0.357. The highest BCUT2D eigenvalue weighted by atomic mass is 35.5. The lowest BCUT2D eigenvalue weighted by Gasteiger charge is -2.19. The second-order valence-corrected chi connectivity index (χ2v) is 4.63. The van der Waals surface area contributed by atoms with E-state index in [-0.39, 0.29) is 18.0 Å². The summed E-state index contributed by atoms with van der Waals surface area (Å²) in [6.07, 6.45) is 1.66. The van der Waals surface area contributed by atoms with Crippen LogP contribution in [0.1, 0.15) is 25.5 Å². The number of rotatable bonds is 6. The molecule has 98 valence electrons. The van der Waals surface area contributed by atoms with Crippen molar-refractivity contribution >= 4 is 17.5 Å². The van der Waals surface area contributed by atoms with Gasteiger partial charge in [0.2, 0.25) is 5.91 Å². The Hall–Kier alpha value is -1.32. The summed E-state index contributed by atoms with van der Waals surface area (Å²) < 4.78 is 0. The Kier molecular flexibility index (Phi) is 5.89. The molecule has 18 heavy (non-hydrogen) atoms. The lowest BCUT2D eigenvalue weighted by Crippen LogP contribution is -2.43. The van der Waals surface area contributed by atoms with E-state index in [9.17, 15) is 4.79 Å². The minimum atomic E-state index is -0.254. The first-order valence-electron chi connectivity index (χ1n) is 5.94. The van der Waals surface area contributed by atoms with Gasteiger partial charge in [-0.15, -0.1) is 6.58 Å². The summed E-state index contributed by atoms with van der Waals surface area (Å²) in [6.45, 7) is 7.90. The maximum Gasteiger partial charge on any atom is 0.237 e. The van der Waals surface area contributed by atoms with Crippen LogP contribution >= 0.6 is 11.6 Å². The zero-order valence-electron chi connectivity index (χ0n) is 10.7.